The van der Waals surface area contributed by atoms with Gasteiger partial charge in [-0.1, -0.05) is 6.07 Å². The molecular weight excluding hydrogens is 263 g/mol. The van der Waals surface area contributed by atoms with E-state index in [1.807, 2.05) is 17.5 Å². The highest BCUT2D eigenvalue weighted by Gasteiger charge is 1.87. The van der Waals surface area contributed by atoms with Gasteiger partial charge in [0.05, 0.1) is 0 Å². The van der Waals surface area contributed by atoms with Crippen LogP contribution in [0.15, 0.2) is 17.5 Å². The molecule has 1 aromatic rings. The molecular formula is C6H7IO2S. The van der Waals surface area contributed by atoms with Gasteiger partial charge in [0.25, 0.3) is 0 Å². The summed E-state index contributed by atoms with van der Waals surface area (Å²) in [6.45, 7) is 0. The fourth-order valence-corrected chi connectivity index (χ4v) is 1.16. The molecule has 0 radical (unpaired) electrons. The standard InChI is InChI=1S/C6H6OS.HIO/c7-4-3-6-2-1-5-8-6;1-2/h1-2,4-5H,3H2;2H. The Hall–Kier alpha value is 0.0600. The normalized spacial score (nSPS) is 7.80. The van der Waals surface area contributed by atoms with Crippen molar-refractivity contribution in [3.63, 3.8) is 0 Å². The molecule has 4 heteroatoms. The Labute approximate surface area is 77.6 Å². The Morgan fingerprint density at radius 1 is 1.70 bits per heavy atom. The number of carbonyl (C=O) groups is 1. The van der Waals surface area contributed by atoms with E-state index < -0.39 is 0 Å². The zero-order valence-electron chi connectivity index (χ0n) is 5.16. The molecule has 1 N–H and O–H groups in total. The molecule has 1 aromatic heterocycles. The minimum Gasteiger partial charge on any atom is -0.331 e. The first-order chi connectivity index (χ1) is 4.93. The Balaban J connectivity index is 0.000000371. The van der Waals surface area contributed by atoms with Crippen molar-refractivity contribution in [2.45, 2.75) is 6.42 Å². The Morgan fingerprint density at radius 3 is 2.80 bits per heavy atom. The highest BCUT2D eigenvalue weighted by molar-refractivity contribution is 14.1. The summed E-state index contributed by atoms with van der Waals surface area (Å²) in [7, 11) is 0. The van der Waals surface area contributed by atoms with Crippen LogP contribution < -0.4 is 0 Å². The quantitative estimate of drug-likeness (QED) is 0.657. The van der Waals surface area contributed by atoms with Crippen molar-refractivity contribution in [2.75, 3.05) is 0 Å². The van der Waals surface area contributed by atoms with E-state index in [2.05, 4.69) is 0 Å². The number of thiophene rings is 1. The fraction of sp³-hybridized carbons (Fsp3) is 0.167. The van der Waals surface area contributed by atoms with Crippen LogP contribution in [0.1, 0.15) is 4.88 Å². The zero-order valence-corrected chi connectivity index (χ0v) is 8.13. The lowest BCUT2D eigenvalue weighted by molar-refractivity contribution is -0.107. The maximum atomic E-state index is 9.88. The SMILES string of the molecule is O=CCc1cccs1.OI. The summed E-state index contributed by atoms with van der Waals surface area (Å²) in [5.41, 5.74) is 0. The molecule has 2 nitrogen and oxygen atoms in total. The van der Waals surface area contributed by atoms with E-state index in [0.717, 1.165) is 34.2 Å². The minimum atomic E-state index is 0.567. The predicted molar refractivity (Wildman–Crippen MR) is 50.3 cm³/mol. The van der Waals surface area contributed by atoms with E-state index in [-0.39, 0.29) is 0 Å². The largest absolute Gasteiger partial charge is 0.331 e. The first kappa shape index (κ1) is 10.1. The highest BCUT2D eigenvalue weighted by Crippen LogP contribution is 2.06. The van der Waals surface area contributed by atoms with Crippen LogP contribution in [-0.2, 0) is 11.2 Å². The third-order valence-corrected chi connectivity index (χ3v) is 1.76. The molecule has 0 aromatic carbocycles. The van der Waals surface area contributed by atoms with Crippen molar-refractivity contribution < 1.29 is 8.23 Å². The van der Waals surface area contributed by atoms with Crippen molar-refractivity contribution in [2.24, 2.45) is 0 Å². The van der Waals surface area contributed by atoms with Crippen molar-refractivity contribution in [1.82, 2.24) is 0 Å². The van der Waals surface area contributed by atoms with Crippen LogP contribution in [0.4, 0.5) is 0 Å². The lowest BCUT2D eigenvalue weighted by atomic mass is 10.4. The summed E-state index contributed by atoms with van der Waals surface area (Å²) in [5, 5.41) is 1.97. The van der Waals surface area contributed by atoms with Gasteiger partial charge in [-0.05, 0) is 11.4 Å². The van der Waals surface area contributed by atoms with Crippen LogP contribution in [0.2, 0.25) is 0 Å². The van der Waals surface area contributed by atoms with Gasteiger partial charge >= 0.3 is 0 Å². The molecule has 0 atom stereocenters. The summed E-state index contributed by atoms with van der Waals surface area (Å²) in [5.74, 6) is 0. The van der Waals surface area contributed by atoms with Gasteiger partial charge in [-0.15, -0.1) is 11.3 Å². The second-order valence-electron chi connectivity index (χ2n) is 1.45. The van der Waals surface area contributed by atoms with Gasteiger partial charge in [0.2, 0.25) is 0 Å². The Morgan fingerprint density at radius 2 is 2.40 bits per heavy atom. The third kappa shape index (κ3) is 3.97. The van der Waals surface area contributed by atoms with E-state index in [0.29, 0.717) is 6.42 Å². The van der Waals surface area contributed by atoms with E-state index >= 15 is 0 Å². The second kappa shape index (κ2) is 7.17. The average Bonchev–Trinajstić information content (AvgIpc) is 2.46. The van der Waals surface area contributed by atoms with Gasteiger partial charge in [0, 0.05) is 11.3 Å². The minimum absolute atomic E-state index is 0.567. The number of halogens is 1. The summed E-state index contributed by atoms with van der Waals surface area (Å²) in [6.07, 6.45) is 1.49. The first-order valence-corrected chi connectivity index (χ1v) is 4.41. The fourth-order valence-electron chi connectivity index (χ4n) is 0.511. The average molecular weight is 270 g/mol. The summed E-state index contributed by atoms with van der Waals surface area (Å²) in [4.78, 5) is 11.0. The molecule has 0 aliphatic heterocycles. The number of rotatable bonds is 2. The molecule has 0 spiro atoms. The van der Waals surface area contributed by atoms with Crippen LogP contribution in [0, 0.1) is 0 Å². The van der Waals surface area contributed by atoms with Crippen LogP contribution in [-0.4, -0.2) is 9.72 Å². The maximum Gasteiger partial charge on any atom is 0.125 e. The first-order valence-electron chi connectivity index (χ1n) is 2.56. The predicted octanol–water partition coefficient (Wildman–Crippen LogP) is 1.82. The number of hydrogen-bond donors (Lipinski definition) is 1. The molecule has 0 unspecified atom stereocenters. The molecule has 0 amide bonds. The van der Waals surface area contributed by atoms with Crippen LogP contribution in [0.25, 0.3) is 0 Å². The zero-order chi connectivity index (χ0) is 7.82. The smallest absolute Gasteiger partial charge is 0.125 e. The Kier molecular flexibility index (Phi) is 7.21. The molecule has 0 fully saturated rings. The van der Waals surface area contributed by atoms with E-state index in [1.54, 1.807) is 11.3 Å². The molecule has 0 saturated heterocycles. The Bertz CT molecular complexity index is 162. The van der Waals surface area contributed by atoms with Crippen molar-refractivity contribution in [3.8, 4) is 0 Å². The summed E-state index contributed by atoms with van der Waals surface area (Å²) < 4.78 is 6.97. The second-order valence-corrected chi connectivity index (χ2v) is 2.48. The molecule has 1 rings (SSSR count). The van der Waals surface area contributed by atoms with Crippen molar-refractivity contribution in [3.05, 3.63) is 22.4 Å². The third-order valence-electron chi connectivity index (χ3n) is 0.865. The summed E-state index contributed by atoms with van der Waals surface area (Å²) >= 11 is 2.77. The molecule has 0 bridgehead atoms. The van der Waals surface area contributed by atoms with Crippen molar-refractivity contribution in [1.29, 1.82) is 0 Å². The molecule has 1 heterocycles. The van der Waals surface area contributed by atoms with Crippen LogP contribution in [0.5, 0.6) is 0 Å². The van der Waals surface area contributed by atoms with Crippen molar-refractivity contribution >= 4 is 40.6 Å². The van der Waals surface area contributed by atoms with E-state index in [1.165, 1.54) is 0 Å². The lowest BCUT2D eigenvalue weighted by Crippen LogP contribution is -1.76. The maximum absolute atomic E-state index is 9.88. The number of aldehydes is 1. The number of hydrogen-bond acceptors (Lipinski definition) is 3. The van der Waals surface area contributed by atoms with Gasteiger partial charge in [0.15, 0.2) is 0 Å². The van der Waals surface area contributed by atoms with Crippen LogP contribution in [0.3, 0.4) is 0 Å². The van der Waals surface area contributed by atoms with Gasteiger partial charge < -0.3 is 8.23 Å². The van der Waals surface area contributed by atoms with Gasteiger partial charge in [-0.25, -0.2) is 0 Å². The topological polar surface area (TPSA) is 37.3 Å². The van der Waals surface area contributed by atoms with Crippen LogP contribution >= 0.6 is 34.3 Å². The lowest BCUT2D eigenvalue weighted by Gasteiger charge is -1.78. The monoisotopic (exact) mass is 270 g/mol. The molecule has 0 saturated carbocycles. The highest BCUT2D eigenvalue weighted by atomic mass is 127. The number of carbonyl (C=O) groups excluding carboxylic acids is 1. The van der Waals surface area contributed by atoms with Gasteiger partial charge in [-0.2, -0.15) is 0 Å². The molecule has 0 aliphatic carbocycles. The molecule has 0 aliphatic rings. The molecule has 10 heavy (non-hydrogen) atoms. The van der Waals surface area contributed by atoms with E-state index in [9.17, 15) is 4.79 Å². The molecule has 56 valence electrons. The van der Waals surface area contributed by atoms with Gasteiger partial charge in [-0.3, -0.25) is 0 Å². The summed E-state index contributed by atoms with van der Waals surface area (Å²) in [6, 6.07) is 3.91. The van der Waals surface area contributed by atoms with E-state index in [4.69, 9.17) is 3.44 Å². The van der Waals surface area contributed by atoms with Gasteiger partial charge in [0.1, 0.15) is 29.3 Å².